The number of phenolic OH excluding ortho intramolecular Hbond substituents is 2. The van der Waals surface area contributed by atoms with Gasteiger partial charge in [0.25, 0.3) is 0 Å². The number of nitrogens with one attached hydrogen (secondary N) is 3. The van der Waals surface area contributed by atoms with Gasteiger partial charge in [0.05, 0.1) is 61.4 Å². The van der Waals surface area contributed by atoms with E-state index >= 15 is 0 Å². The van der Waals surface area contributed by atoms with Gasteiger partial charge in [0, 0.05) is 49.0 Å². The number of carbonyl (C=O) groups excluding carboxylic acids is 8. The topological polar surface area (TPSA) is 345 Å². The van der Waals surface area contributed by atoms with Crippen molar-refractivity contribution in [2.75, 3.05) is 33.4 Å². The molecule has 23 heteroatoms. The molecule has 3 saturated heterocycles. The van der Waals surface area contributed by atoms with Crippen LogP contribution in [0.3, 0.4) is 0 Å². The molecule has 3 heterocycles. The molecule has 5 aliphatic rings. The van der Waals surface area contributed by atoms with E-state index in [9.17, 15) is 68.7 Å². The van der Waals surface area contributed by atoms with Crippen LogP contribution in [0.1, 0.15) is 113 Å². The number of carbonyl (C=O) groups is 9. The van der Waals surface area contributed by atoms with Crippen LogP contribution in [-0.4, -0.2) is 175 Å². The molecule has 0 spiro atoms. The second-order valence-corrected chi connectivity index (χ2v) is 19.6. The minimum Gasteiger partial charge on any atom is -0.507 e. The Kier molecular flexibility index (Phi) is 15.7. The van der Waals surface area contributed by atoms with Gasteiger partial charge in [-0.2, -0.15) is 0 Å². The van der Waals surface area contributed by atoms with E-state index in [1.54, 1.807) is 24.3 Å². The predicted molar refractivity (Wildman–Crippen MR) is 257 cm³/mol. The standard InChI is InChI=1S/C52H59N5O18/c1-24(54-50(70)31-11-6-14-56(31)36(60)17-26-8-4-9-27(16-26)18-38(62)63)49(69)53-22-37(61)57-15-7-12-32(57)51(71)55-30-19-39(74-25(2)44(30)64)75-34-21-52(72,35(59)23-58)20-29-41(34)48(68)43-42(46(29)66)45(65)28-10-5-13-33(73-3)40(28)47(43)67/h4-5,8-10,13,16,24-25,30-32,34,39,44,58,64,66,68,72H,6-7,11-12,14-15,17-23H2,1-3H3,(H,53,69)(H,54,70)(H,55,71)(H,62,63)/t24-,25?,30?,31-,32-,34-,39?,44?,52-/m0/s1. The number of hydrogen-bond donors (Lipinski definition) is 9. The molecule has 3 fully saturated rings. The fraction of sp³-hybridized carbons (Fsp3) is 0.481. The number of carboxylic acids is 1. The van der Waals surface area contributed by atoms with E-state index in [1.807, 2.05) is 0 Å². The fourth-order valence-corrected chi connectivity index (χ4v) is 10.9. The lowest BCUT2D eigenvalue weighted by Gasteiger charge is -2.43. The Morgan fingerprint density at radius 3 is 2.17 bits per heavy atom. The lowest BCUT2D eigenvalue weighted by atomic mass is 9.72. The first kappa shape index (κ1) is 54.0. The number of phenols is 2. The molecule has 0 radical (unpaired) electrons. The summed E-state index contributed by atoms with van der Waals surface area (Å²) in [6.45, 7) is 1.68. The molecular formula is C52H59N5O18. The number of rotatable bonds is 16. The van der Waals surface area contributed by atoms with Crippen LogP contribution in [0, 0.1) is 0 Å². The third-order valence-corrected chi connectivity index (χ3v) is 14.7. The average Bonchev–Trinajstić information content (AvgIpc) is 4.08. The first-order valence-corrected chi connectivity index (χ1v) is 24.7. The van der Waals surface area contributed by atoms with E-state index in [-0.39, 0.29) is 66.1 Å². The van der Waals surface area contributed by atoms with Gasteiger partial charge in [-0.15, -0.1) is 0 Å². The fourth-order valence-electron chi connectivity index (χ4n) is 10.9. The summed E-state index contributed by atoms with van der Waals surface area (Å²) in [7, 11) is 1.28. The highest BCUT2D eigenvalue weighted by Crippen LogP contribution is 2.52. The quantitative estimate of drug-likeness (QED) is 0.0647. The monoisotopic (exact) mass is 1040 g/mol. The maximum absolute atomic E-state index is 14.1. The largest absolute Gasteiger partial charge is 0.507 e. The number of aliphatic hydroxyl groups excluding tert-OH is 2. The van der Waals surface area contributed by atoms with E-state index in [4.69, 9.17) is 19.3 Å². The summed E-state index contributed by atoms with van der Waals surface area (Å²) < 4.78 is 17.6. The van der Waals surface area contributed by atoms with E-state index in [0.29, 0.717) is 36.9 Å². The first-order valence-electron chi connectivity index (χ1n) is 24.7. The van der Waals surface area contributed by atoms with Crippen molar-refractivity contribution in [2.24, 2.45) is 0 Å². The molecule has 9 N–H and O–H groups in total. The number of methoxy groups -OCH3 is 1. The molecule has 4 unspecified atom stereocenters. The van der Waals surface area contributed by atoms with Crippen LogP contribution in [-0.2, 0) is 62.3 Å². The molecular weight excluding hydrogens is 983 g/mol. The molecule has 400 valence electrons. The van der Waals surface area contributed by atoms with E-state index in [2.05, 4.69) is 16.0 Å². The number of aliphatic carboxylic acids is 1. The Bertz CT molecular complexity index is 2850. The molecule has 0 aromatic heterocycles. The van der Waals surface area contributed by atoms with Gasteiger partial charge in [-0.3, -0.25) is 43.2 Å². The highest BCUT2D eigenvalue weighted by atomic mass is 16.7. The zero-order valence-electron chi connectivity index (χ0n) is 41.3. The minimum absolute atomic E-state index is 0.0203. The molecule has 3 aromatic carbocycles. The van der Waals surface area contributed by atoms with Crippen LogP contribution in [0.25, 0.3) is 0 Å². The Hall–Kier alpha value is -7.31. The first-order chi connectivity index (χ1) is 35.7. The number of ketones is 3. The van der Waals surface area contributed by atoms with E-state index in [0.717, 1.165) is 0 Å². The number of likely N-dealkylation sites (tertiary alicyclic amines) is 2. The number of fused-ring (bicyclic) bond motifs is 3. The van der Waals surface area contributed by atoms with Crippen molar-refractivity contribution in [3.63, 3.8) is 0 Å². The molecule has 8 rings (SSSR count). The number of amides is 5. The third-order valence-electron chi connectivity index (χ3n) is 14.7. The van der Waals surface area contributed by atoms with Crippen molar-refractivity contribution < 1.29 is 88.0 Å². The normalized spacial score (nSPS) is 25.3. The molecule has 3 aromatic rings. The smallest absolute Gasteiger partial charge is 0.307 e. The number of hydrogen-bond acceptors (Lipinski definition) is 17. The summed E-state index contributed by atoms with van der Waals surface area (Å²) in [5, 5.41) is 73.5. The lowest BCUT2D eigenvalue weighted by Crippen LogP contribution is -2.59. The number of benzene rings is 3. The van der Waals surface area contributed by atoms with E-state index < -0.39 is 150 Å². The summed E-state index contributed by atoms with van der Waals surface area (Å²) >= 11 is 0. The summed E-state index contributed by atoms with van der Waals surface area (Å²) in [5.41, 5.74) is -3.32. The number of Topliss-reactive ketones (excluding diaryl/α,β-unsaturated/α-hetero) is 1. The summed E-state index contributed by atoms with van der Waals surface area (Å²) in [4.78, 5) is 122. The van der Waals surface area contributed by atoms with Crippen molar-refractivity contribution in [2.45, 2.75) is 126 Å². The molecule has 0 saturated carbocycles. The summed E-state index contributed by atoms with van der Waals surface area (Å²) in [5.74, 6) is -8.27. The van der Waals surface area contributed by atoms with Crippen LogP contribution in [0.5, 0.6) is 17.2 Å². The molecule has 0 bridgehead atoms. The molecule has 9 atom stereocenters. The molecule has 5 amide bonds. The van der Waals surface area contributed by atoms with Crippen molar-refractivity contribution in [1.29, 1.82) is 0 Å². The second kappa shape index (κ2) is 21.9. The maximum Gasteiger partial charge on any atom is 0.307 e. The maximum atomic E-state index is 14.1. The van der Waals surface area contributed by atoms with Crippen LogP contribution < -0.4 is 20.7 Å². The predicted octanol–water partition coefficient (Wildman–Crippen LogP) is -0.368. The minimum atomic E-state index is -2.42. The second-order valence-electron chi connectivity index (χ2n) is 19.6. The van der Waals surface area contributed by atoms with Crippen LogP contribution in [0.15, 0.2) is 42.5 Å². The number of carboxylic acid groups (broad SMARTS) is 1. The van der Waals surface area contributed by atoms with Crippen LogP contribution in [0.4, 0.5) is 0 Å². The SMILES string of the molecule is COc1cccc2c1C(=O)c1c(O)c3c(c(O)c1C2=O)C[C@@](O)(C(=O)CO)C[C@@H]3OC1CC(NC(=O)[C@@H]2CCCN2C(=O)CNC(=O)[C@H](C)NC(=O)[C@@H]2CCCN2C(=O)Cc2cccc(CC(=O)O)c2)C(O)C(C)O1. The van der Waals surface area contributed by atoms with Gasteiger partial charge in [-0.25, -0.2) is 0 Å². The van der Waals surface area contributed by atoms with Crippen LogP contribution in [0.2, 0.25) is 0 Å². The Morgan fingerprint density at radius 2 is 1.51 bits per heavy atom. The van der Waals surface area contributed by atoms with Gasteiger partial charge in [-0.05, 0) is 56.7 Å². The zero-order valence-corrected chi connectivity index (χ0v) is 41.3. The number of aliphatic hydroxyl groups is 3. The van der Waals surface area contributed by atoms with Crippen molar-refractivity contribution in [3.8, 4) is 17.2 Å². The Balaban J connectivity index is 0.901. The third kappa shape index (κ3) is 10.7. The van der Waals surface area contributed by atoms with Crippen molar-refractivity contribution >= 4 is 52.9 Å². The van der Waals surface area contributed by atoms with Gasteiger partial charge in [0.15, 0.2) is 17.9 Å². The Morgan fingerprint density at radius 1 is 0.867 bits per heavy atom. The highest BCUT2D eigenvalue weighted by molar-refractivity contribution is 6.31. The van der Waals surface area contributed by atoms with Gasteiger partial charge >= 0.3 is 5.97 Å². The highest BCUT2D eigenvalue weighted by Gasteiger charge is 2.51. The molecule has 2 aliphatic carbocycles. The molecule has 3 aliphatic heterocycles. The van der Waals surface area contributed by atoms with Crippen LogP contribution >= 0.6 is 0 Å². The summed E-state index contributed by atoms with van der Waals surface area (Å²) in [6.07, 6.45) is -5.70. The summed E-state index contributed by atoms with van der Waals surface area (Å²) in [6, 6.07) is 6.72. The van der Waals surface area contributed by atoms with Crippen molar-refractivity contribution in [1.82, 2.24) is 25.8 Å². The van der Waals surface area contributed by atoms with E-state index in [1.165, 1.54) is 49.0 Å². The number of aromatic hydroxyl groups is 2. The lowest BCUT2D eigenvalue weighted by molar-refractivity contribution is -0.249. The van der Waals surface area contributed by atoms with Crippen molar-refractivity contribution in [3.05, 3.63) is 87.0 Å². The van der Waals surface area contributed by atoms with Gasteiger partial charge in [0.1, 0.15) is 53.7 Å². The Labute approximate surface area is 429 Å². The van der Waals surface area contributed by atoms with Gasteiger partial charge < -0.3 is 70.6 Å². The van der Waals surface area contributed by atoms with Gasteiger partial charge in [-0.1, -0.05) is 36.4 Å². The molecule has 23 nitrogen and oxygen atoms in total. The van der Waals surface area contributed by atoms with Gasteiger partial charge in [0.2, 0.25) is 35.3 Å². The average molecular weight is 1040 g/mol. The number of ether oxygens (including phenoxy) is 3. The molecule has 75 heavy (non-hydrogen) atoms. The zero-order chi connectivity index (χ0) is 54.2. The number of nitrogens with zero attached hydrogens (tertiary/aromatic N) is 2.